The third kappa shape index (κ3) is 2.01. The monoisotopic (exact) mass is 240 g/mol. The van der Waals surface area contributed by atoms with Crippen molar-refractivity contribution in [2.75, 3.05) is 5.73 Å². The number of nitrogens with zero attached hydrogens (tertiary/aromatic N) is 1. The first-order valence-electron chi connectivity index (χ1n) is 5.51. The number of aromatic nitrogens is 1. The first-order chi connectivity index (χ1) is 8.33. The third-order valence-corrected chi connectivity index (χ3v) is 3.71. The summed E-state index contributed by atoms with van der Waals surface area (Å²) in [5, 5.41) is 1.11. The van der Waals surface area contributed by atoms with Gasteiger partial charge in [-0.25, -0.2) is 4.98 Å². The highest BCUT2D eigenvalue weighted by Crippen LogP contribution is 2.27. The molecule has 0 unspecified atom stereocenters. The van der Waals surface area contributed by atoms with E-state index in [1.807, 2.05) is 18.2 Å². The molecule has 84 valence electrons. The van der Waals surface area contributed by atoms with E-state index >= 15 is 0 Å². The summed E-state index contributed by atoms with van der Waals surface area (Å²) in [4.78, 5) is 4.60. The van der Waals surface area contributed by atoms with Gasteiger partial charge in [0.2, 0.25) is 0 Å². The van der Waals surface area contributed by atoms with Gasteiger partial charge in [-0.15, -0.1) is 11.3 Å². The maximum absolute atomic E-state index is 5.91. The average molecular weight is 240 g/mol. The highest BCUT2D eigenvalue weighted by Gasteiger charge is 2.06. The van der Waals surface area contributed by atoms with Crippen molar-refractivity contribution in [3.63, 3.8) is 0 Å². The van der Waals surface area contributed by atoms with Gasteiger partial charge >= 0.3 is 0 Å². The lowest BCUT2D eigenvalue weighted by Crippen LogP contribution is -1.88. The summed E-state index contributed by atoms with van der Waals surface area (Å²) in [6, 6.07) is 16.3. The molecule has 3 aromatic rings. The van der Waals surface area contributed by atoms with Crippen molar-refractivity contribution in [2.45, 2.75) is 6.42 Å². The quantitative estimate of drug-likeness (QED) is 0.697. The van der Waals surface area contributed by atoms with E-state index in [4.69, 9.17) is 5.73 Å². The third-order valence-electron chi connectivity index (χ3n) is 2.69. The number of nitrogens with two attached hydrogens (primary N) is 1. The maximum atomic E-state index is 5.91. The Hall–Kier alpha value is -1.87. The number of rotatable bonds is 2. The van der Waals surface area contributed by atoms with E-state index in [1.165, 1.54) is 5.56 Å². The molecule has 0 saturated carbocycles. The molecule has 2 nitrogen and oxygen atoms in total. The van der Waals surface area contributed by atoms with Gasteiger partial charge in [-0.1, -0.05) is 36.4 Å². The van der Waals surface area contributed by atoms with Crippen LogP contribution >= 0.6 is 11.3 Å². The zero-order chi connectivity index (χ0) is 11.7. The second-order valence-corrected chi connectivity index (χ2v) is 5.08. The first kappa shape index (κ1) is 10.3. The summed E-state index contributed by atoms with van der Waals surface area (Å²) in [5.74, 6) is 0. The van der Waals surface area contributed by atoms with E-state index in [0.29, 0.717) is 0 Å². The van der Waals surface area contributed by atoms with Gasteiger partial charge in [0, 0.05) is 6.42 Å². The normalized spacial score (nSPS) is 10.8. The SMILES string of the molecule is Nc1cccc2sc(Cc3ccccc3)nc12. The van der Waals surface area contributed by atoms with Crippen LogP contribution in [-0.2, 0) is 6.42 Å². The van der Waals surface area contributed by atoms with Crippen LogP contribution in [0, 0.1) is 0 Å². The van der Waals surface area contributed by atoms with Gasteiger partial charge in [-0.2, -0.15) is 0 Å². The molecule has 3 rings (SSSR count). The largest absolute Gasteiger partial charge is 0.397 e. The molecule has 3 heteroatoms. The zero-order valence-corrected chi connectivity index (χ0v) is 10.1. The summed E-state index contributed by atoms with van der Waals surface area (Å²) < 4.78 is 1.16. The Kier molecular flexibility index (Phi) is 2.53. The van der Waals surface area contributed by atoms with Crippen molar-refractivity contribution in [1.82, 2.24) is 4.98 Å². The molecule has 0 aliphatic carbocycles. The van der Waals surface area contributed by atoms with Crippen molar-refractivity contribution in [3.8, 4) is 0 Å². The van der Waals surface area contributed by atoms with Crippen LogP contribution in [0.5, 0.6) is 0 Å². The molecule has 0 aliphatic heterocycles. The van der Waals surface area contributed by atoms with Gasteiger partial charge in [0.25, 0.3) is 0 Å². The van der Waals surface area contributed by atoms with E-state index in [9.17, 15) is 0 Å². The predicted octanol–water partition coefficient (Wildman–Crippen LogP) is 3.47. The van der Waals surface area contributed by atoms with Crippen LogP contribution in [0.2, 0.25) is 0 Å². The minimum absolute atomic E-state index is 0.762. The Morgan fingerprint density at radius 2 is 1.82 bits per heavy atom. The van der Waals surface area contributed by atoms with Crippen LogP contribution in [0.4, 0.5) is 5.69 Å². The van der Waals surface area contributed by atoms with Gasteiger partial charge in [0.15, 0.2) is 0 Å². The lowest BCUT2D eigenvalue weighted by Gasteiger charge is -1.95. The Morgan fingerprint density at radius 1 is 1.00 bits per heavy atom. The van der Waals surface area contributed by atoms with E-state index in [2.05, 4.69) is 35.3 Å². The maximum Gasteiger partial charge on any atom is 0.104 e. The molecule has 0 radical (unpaired) electrons. The number of para-hydroxylation sites is 1. The van der Waals surface area contributed by atoms with Crippen LogP contribution in [0.3, 0.4) is 0 Å². The zero-order valence-electron chi connectivity index (χ0n) is 9.26. The van der Waals surface area contributed by atoms with E-state index < -0.39 is 0 Å². The Balaban J connectivity index is 1.99. The fraction of sp³-hybridized carbons (Fsp3) is 0.0714. The van der Waals surface area contributed by atoms with Crippen LogP contribution in [-0.4, -0.2) is 4.98 Å². The van der Waals surface area contributed by atoms with Gasteiger partial charge < -0.3 is 5.73 Å². The van der Waals surface area contributed by atoms with Gasteiger partial charge in [0.1, 0.15) is 5.52 Å². The molecular formula is C14H12N2S. The number of thiazole rings is 1. The number of hydrogen-bond acceptors (Lipinski definition) is 3. The van der Waals surface area contributed by atoms with Crippen molar-refractivity contribution in [1.29, 1.82) is 0 Å². The fourth-order valence-corrected chi connectivity index (χ4v) is 2.90. The highest BCUT2D eigenvalue weighted by atomic mass is 32.1. The molecule has 1 aromatic heterocycles. The molecule has 17 heavy (non-hydrogen) atoms. The van der Waals surface area contributed by atoms with E-state index in [-0.39, 0.29) is 0 Å². The van der Waals surface area contributed by atoms with Crippen molar-refractivity contribution >= 4 is 27.2 Å². The molecule has 0 atom stereocenters. The summed E-state index contributed by atoms with van der Waals surface area (Å²) in [5.41, 5.74) is 8.89. The van der Waals surface area contributed by atoms with Gasteiger partial charge in [0.05, 0.1) is 15.4 Å². The van der Waals surface area contributed by atoms with Crippen molar-refractivity contribution in [3.05, 3.63) is 59.1 Å². The van der Waals surface area contributed by atoms with Crippen LogP contribution < -0.4 is 5.73 Å². The second kappa shape index (κ2) is 4.18. The molecule has 2 N–H and O–H groups in total. The molecule has 1 heterocycles. The van der Waals surface area contributed by atoms with Crippen LogP contribution in [0.25, 0.3) is 10.2 Å². The first-order valence-corrected chi connectivity index (χ1v) is 6.32. The lowest BCUT2D eigenvalue weighted by atomic mass is 10.2. The second-order valence-electron chi connectivity index (χ2n) is 3.96. The van der Waals surface area contributed by atoms with Crippen molar-refractivity contribution in [2.24, 2.45) is 0 Å². The Labute approximate surface area is 104 Å². The molecule has 0 amide bonds. The van der Waals surface area contributed by atoms with Gasteiger partial charge in [-0.05, 0) is 17.7 Å². The standard InChI is InChI=1S/C14H12N2S/c15-11-7-4-8-12-14(11)16-13(17-12)9-10-5-2-1-3-6-10/h1-8H,9,15H2. The molecule has 0 aliphatic rings. The summed E-state index contributed by atoms with van der Waals surface area (Å²) in [6.07, 6.45) is 0.875. The lowest BCUT2D eigenvalue weighted by molar-refractivity contribution is 1.16. The minimum atomic E-state index is 0.762. The summed E-state index contributed by atoms with van der Waals surface area (Å²) in [7, 11) is 0. The molecular weight excluding hydrogens is 228 g/mol. The topological polar surface area (TPSA) is 38.9 Å². The number of benzene rings is 2. The summed E-state index contributed by atoms with van der Waals surface area (Å²) >= 11 is 1.72. The molecule has 0 saturated heterocycles. The molecule has 0 spiro atoms. The number of fused-ring (bicyclic) bond motifs is 1. The smallest absolute Gasteiger partial charge is 0.104 e. The average Bonchev–Trinajstić information content (AvgIpc) is 2.74. The minimum Gasteiger partial charge on any atom is -0.397 e. The van der Waals surface area contributed by atoms with Crippen LogP contribution in [0.15, 0.2) is 48.5 Å². The van der Waals surface area contributed by atoms with Crippen LogP contribution in [0.1, 0.15) is 10.6 Å². The number of nitrogen functional groups attached to an aromatic ring is 1. The van der Waals surface area contributed by atoms with Crippen molar-refractivity contribution < 1.29 is 0 Å². The Morgan fingerprint density at radius 3 is 2.59 bits per heavy atom. The van der Waals surface area contributed by atoms with E-state index in [0.717, 1.165) is 27.3 Å². The number of anilines is 1. The molecule has 0 fully saturated rings. The summed E-state index contributed by atoms with van der Waals surface area (Å²) in [6.45, 7) is 0. The highest BCUT2D eigenvalue weighted by molar-refractivity contribution is 7.18. The Bertz CT molecular complexity index is 644. The molecule has 2 aromatic carbocycles. The van der Waals surface area contributed by atoms with E-state index in [1.54, 1.807) is 11.3 Å². The predicted molar refractivity (Wildman–Crippen MR) is 73.3 cm³/mol. The number of hydrogen-bond donors (Lipinski definition) is 1. The van der Waals surface area contributed by atoms with Gasteiger partial charge in [-0.3, -0.25) is 0 Å². The fourth-order valence-electron chi connectivity index (χ4n) is 1.86. The molecule has 0 bridgehead atoms.